The van der Waals surface area contributed by atoms with Gasteiger partial charge in [0.05, 0.1) is 11.5 Å². The van der Waals surface area contributed by atoms with Crippen molar-refractivity contribution >= 4 is 26.0 Å². The van der Waals surface area contributed by atoms with E-state index in [1.807, 2.05) is 27.7 Å². The van der Waals surface area contributed by atoms with Crippen molar-refractivity contribution in [3.63, 3.8) is 0 Å². The van der Waals surface area contributed by atoms with Gasteiger partial charge in [-0.2, -0.15) is 4.31 Å². The standard InChI is InChI=1S/C15H24BrNO3S/c1-11(2)8-17(9-12(3)4)21(19,20)15-6-5-13(10-18)7-14(15)16/h5-7,11-12,18H,8-10H2,1-4H3. The minimum Gasteiger partial charge on any atom is -0.392 e. The molecule has 21 heavy (non-hydrogen) atoms. The fourth-order valence-electron chi connectivity index (χ4n) is 2.08. The van der Waals surface area contributed by atoms with Crippen LogP contribution in [0.2, 0.25) is 0 Å². The topological polar surface area (TPSA) is 57.6 Å². The SMILES string of the molecule is CC(C)CN(CC(C)C)S(=O)(=O)c1ccc(CO)cc1Br. The van der Waals surface area contributed by atoms with Crippen LogP contribution in [0.25, 0.3) is 0 Å². The van der Waals surface area contributed by atoms with Crippen LogP contribution < -0.4 is 0 Å². The van der Waals surface area contributed by atoms with Crippen LogP contribution in [0.5, 0.6) is 0 Å². The first-order valence-electron chi connectivity index (χ1n) is 7.08. The lowest BCUT2D eigenvalue weighted by atomic mass is 10.2. The van der Waals surface area contributed by atoms with Crippen LogP contribution in [0, 0.1) is 11.8 Å². The molecule has 0 amide bonds. The average Bonchev–Trinajstić information content (AvgIpc) is 2.36. The number of aliphatic hydroxyl groups is 1. The number of aliphatic hydroxyl groups excluding tert-OH is 1. The van der Waals surface area contributed by atoms with Gasteiger partial charge < -0.3 is 5.11 Å². The van der Waals surface area contributed by atoms with E-state index in [0.29, 0.717) is 23.1 Å². The van der Waals surface area contributed by atoms with Gasteiger partial charge in [-0.15, -0.1) is 0 Å². The summed E-state index contributed by atoms with van der Waals surface area (Å²) in [6.45, 7) is 8.91. The van der Waals surface area contributed by atoms with E-state index in [1.54, 1.807) is 22.5 Å². The molecule has 0 spiro atoms. The minimum atomic E-state index is -3.54. The summed E-state index contributed by atoms with van der Waals surface area (Å²) >= 11 is 3.31. The summed E-state index contributed by atoms with van der Waals surface area (Å²) in [4.78, 5) is 0.251. The quantitative estimate of drug-likeness (QED) is 0.793. The second kappa shape index (κ2) is 7.72. The van der Waals surface area contributed by atoms with Gasteiger partial charge in [0.2, 0.25) is 10.0 Å². The summed E-state index contributed by atoms with van der Waals surface area (Å²) in [5.41, 5.74) is 0.681. The maximum atomic E-state index is 12.9. The Bertz CT molecular complexity index is 560. The van der Waals surface area contributed by atoms with Crippen LogP contribution >= 0.6 is 15.9 Å². The molecule has 1 aromatic rings. The van der Waals surface area contributed by atoms with Crippen LogP contribution in [0.3, 0.4) is 0 Å². The van der Waals surface area contributed by atoms with Gasteiger partial charge in [0, 0.05) is 17.6 Å². The molecule has 1 rings (SSSR count). The fourth-order valence-corrected chi connectivity index (χ4v) is 4.93. The highest BCUT2D eigenvalue weighted by atomic mass is 79.9. The molecule has 0 aromatic heterocycles. The maximum absolute atomic E-state index is 12.9. The summed E-state index contributed by atoms with van der Waals surface area (Å²) in [6.07, 6.45) is 0. The van der Waals surface area contributed by atoms with E-state index in [4.69, 9.17) is 5.11 Å². The van der Waals surface area contributed by atoms with Gasteiger partial charge >= 0.3 is 0 Å². The predicted octanol–water partition coefficient (Wildman–Crippen LogP) is 3.24. The monoisotopic (exact) mass is 377 g/mol. The smallest absolute Gasteiger partial charge is 0.244 e. The molecular weight excluding hydrogens is 354 g/mol. The highest BCUT2D eigenvalue weighted by molar-refractivity contribution is 9.10. The molecule has 0 bridgehead atoms. The van der Waals surface area contributed by atoms with Crippen molar-refractivity contribution in [2.75, 3.05) is 13.1 Å². The number of rotatable bonds is 7. The van der Waals surface area contributed by atoms with Crippen molar-refractivity contribution in [2.24, 2.45) is 11.8 Å². The van der Waals surface area contributed by atoms with E-state index in [2.05, 4.69) is 15.9 Å². The van der Waals surface area contributed by atoms with Crippen LogP contribution in [-0.4, -0.2) is 30.9 Å². The largest absolute Gasteiger partial charge is 0.392 e. The van der Waals surface area contributed by atoms with E-state index >= 15 is 0 Å². The van der Waals surface area contributed by atoms with Gasteiger partial charge in [0.1, 0.15) is 0 Å². The van der Waals surface area contributed by atoms with Crippen molar-refractivity contribution in [3.8, 4) is 0 Å². The van der Waals surface area contributed by atoms with Crippen molar-refractivity contribution < 1.29 is 13.5 Å². The van der Waals surface area contributed by atoms with Crippen LogP contribution in [-0.2, 0) is 16.6 Å². The Morgan fingerprint density at radius 1 is 1.14 bits per heavy atom. The molecule has 0 fully saturated rings. The zero-order valence-electron chi connectivity index (χ0n) is 13.0. The molecule has 0 aliphatic heterocycles. The van der Waals surface area contributed by atoms with Crippen molar-refractivity contribution in [3.05, 3.63) is 28.2 Å². The van der Waals surface area contributed by atoms with E-state index in [-0.39, 0.29) is 23.3 Å². The molecule has 0 saturated carbocycles. The predicted molar refractivity (Wildman–Crippen MR) is 88.5 cm³/mol. The Morgan fingerprint density at radius 2 is 1.67 bits per heavy atom. The lowest BCUT2D eigenvalue weighted by molar-refractivity contribution is 0.281. The lowest BCUT2D eigenvalue weighted by Gasteiger charge is -2.26. The first-order valence-corrected chi connectivity index (χ1v) is 9.31. The average molecular weight is 378 g/mol. The van der Waals surface area contributed by atoms with Gasteiger partial charge in [-0.3, -0.25) is 0 Å². The number of sulfonamides is 1. The molecular formula is C15H24BrNO3S. The third kappa shape index (κ3) is 5.06. The fraction of sp³-hybridized carbons (Fsp3) is 0.600. The summed E-state index contributed by atoms with van der Waals surface area (Å²) in [5.74, 6) is 0.517. The molecule has 6 heteroatoms. The number of nitrogens with zero attached hydrogens (tertiary/aromatic N) is 1. The summed E-state index contributed by atoms with van der Waals surface area (Å²) in [6, 6.07) is 4.84. The molecule has 4 nitrogen and oxygen atoms in total. The number of hydrogen-bond acceptors (Lipinski definition) is 3. The first kappa shape index (κ1) is 18.6. The lowest BCUT2D eigenvalue weighted by Crippen LogP contribution is -2.37. The zero-order chi connectivity index (χ0) is 16.2. The van der Waals surface area contributed by atoms with Gasteiger partial charge in [-0.1, -0.05) is 33.8 Å². The molecule has 0 saturated heterocycles. The second-order valence-electron chi connectivity index (χ2n) is 6.03. The molecule has 0 aliphatic rings. The number of benzene rings is 1. The van der Waals surface area contributed by atoms with Crippen LogP contribution in [0.4, 0.5) is 0 Å². The Labute approximate surface area is 136 Å². The molecule has 0 unspecified atom stereocenters. The summed E-state index contributed by atoms with van der Waals surface area (Å²) < 4.78 is 27.7. The molecule has 0 atom stereocenters. The van der Waals surface area contributed by atoms with Gasteiger partial charge in [-0.25, -0.2) is 8.42 Å². The third-order valence-electron chi connectivity index (χ3n) is 2.93. The molecule has 1 aromatic carbocycles. The molecule has 0 heterocycles. The molecule has 0 radical (unpaired) electrons. The van der Waals surface area contributed by atoms with Crippen LogP contribution in [0.1, 0.15) is 33.3 Å². The normalized spacial score (nSPS) is 12.6. The van der Waals surface area contributed by atoms with Crippen molar-refractivity contribution in [1.29, 1.82) is 0 Å². The van der Waals surface area contributed by atoms with Crippen molar-refractivity contribution in [2.45, 2.75) is 39.2 Å². The Morgan fingerprint density at radius 3 is 2.05 bits per heavy atom. The first-order chi connectivity index (χ1) is 9.68. The van der Waals surface area contributed by atoms with Crippen molar-refractivity contribution in [1.82, 2.24) is 4.31 Å². The Hall–Kier alpha value is -0.430. The minimum absolute atomic E-state index is 0.110. The van der Waals surface area contributed by atoms with E-state index in [9.17, 15) is 8.42 Å². The highest BCUT2D eigenvalue weighted by Gasteiger charge is 2.27. The molecule has 0 aliphatic carbocycles. The maximum Gasteiger partial charge on any atom is 0.244 e. The third-order valence-corrected chi connectivity index (χ3v) is 5.74. The van der Waals surface area contributed by atoms with Crippen LogP contribution in [0.15, 0.2) is 27.6 Å². The Balaban J connectivity index is 3.21. The second-order valence-corrected chi connectivity index (χ2v) is 8.79. The summed E-state index contributed by atoms with van der Waals surface area (Å²) in [7, 11) is -3.54. The Kier molecular flexibility index (Phi) is 6.84. The highest BCUT2D eigenvalue weighted by Crippen LogP contribution is 2.27. The van der Waals surface area contributed by atoms with Gasteiger partial charge in [0.25, 0.3) is 0 Å². The van der Waals surface area contributed by atoms with E-state index in [1.165, 1.54) is 0 Å². The van der Waals surface area contributed by atoms with E-state index < -0.39 is 10.0 Å². The van der Waals surface area contributed by atoms with E-state index in [0.717, 1.165) is 0 Å². The number of hydrogen-bond donors (Lipinski definition) is 1. The summed E-state index contributed by atoms with van der Waals surface area (Å²) in [5, 5.41) is 9.12. The van der Waals surface area contributed by atoms with Gasteiger partial charge in [0.15, 0.2) is 0 Å². The number of halogens is 1. The molecule has 1 N–H and O–H groups in total. The van der Waals surface area contributed by atoms with Gasteiger partial charge in [-0.05, 0) is 45.5 Å². The molecule has 120 valence electrons. The zero-order valence-corrected chi connectivity index (χ0v) is 15.4.